The average molecular weight is 501 g/mol. The molecule has 8 nitrogen and oxygen atoms in total. The number of carbonyl (C=O) groups is 3. The Kier molecular flexibility index (Phi) is 7.96. The van der Waals surface area contributed by atoms with E-state index in [0.717, 1.165) is 18.4 Å². The monoisotopic (exact) mass is 500 g/mol. The number of rotatable bonds is 10. The number of fused-ring (bicyclic) bond motifs is 1. The normalized spacial score (nSPS) is 13.5. The summed E-state index contributed by atoms with van der Waals surface area (Å²) in [6.45, 7) is 6.02. The Bertz CT molecular complexity index is 1290. The first-order valence-corrected chi connectivity index (χ1v) is 12.7. The van der Waals surface area contributed by atoms with Gasteiger partial charge in [-0.25, -0.2) is 9.78 Å². The smallest absolute Gasteiger partial charge is 0.326 e. The molecule has 0 bridgehead atoms. The van der Waals surface area contributed by atoms with Crippen LogP contribution in [0.2, 0.25) is 0 Å². The zero-order chi connectivity index (χ0) is 26.5. The molecule has 1 atom stereocenters. The van der Waals surface area contributed by atoms with Crippen LogP contribution < -0.4 is 5.32 Å². The van der Waals surface area contributed by atoms with E-state index in [9.17, 15) is 19.5 Å². The molecule has 8 heteroatoms. The highest BCUT2D eigenvalue weighted by molar-refractivity contribution is 6.04. The average Bonchev–Trinajstić information content (AvgIpc) is 3.19. The number of nitrogens with one attached hydrogen (secondary N) is 1. The zero-order valence-electron chi connectivity index (χ0n) is 21.4. The Morgan fingerprint density at radius 3 is 2.43 bits per heavy atom. The Labute approximate surface area is 216 Å². The number of aliphatic carboxylic acids is 1. The van der Waals surface area contributed by atoms with Crippen LogP contribution in [0.4, 0.5) is 5.82 Å². The van der Waals surface area contributed by atoms with Crippen LogP contribution in [0.1, 0.15) is 71.9 Å². The van der Waals surface area contributed by atoms with Gasteiger partial charge in [0.15, 0.2) is 5.82 Å². The molecule has 1 aliphatic heterocycles. The van der Waals surface area contributed by atoms with Crippen molar-refractivity contribution in [1.82, 2.24) is 14.9 Å². The van der Waals surface area contributed by atoms with Crippen LogP contribution in [0.25, 0.3) is 11.3 Å². The topological polar surface area (TPSA) is 112 Å². The highest BCUT2D eigenvalue weighted by Gasteiger charge is 2.38. The van der Waals surface area contributed by atoms with E-state index in [1.165, 1.54) is 29.5 Å². The van der Waals surface area contributed by atoms with Crippen molar-refractivity contribution in [3.63, 3.8) is 0 Å². The first kappa shape index (κ1) is 26.0. The van der Waals surface area contributed by atoms with Gasteiger partial charge in [0.05, 0.1) is 18.1 Å². The molecule has 1 aromatic heterocycles. The molecule has 37 heavy (non-hydrogen) atoms. The Balaban J connectivity index is 1.43. The molecule has 2 N–H and O–H groups in total. The van der Waals surface area contributed by atoms with Crippen LogP contribution >= 0.6 is 0 Å². The minimum atomic E-state index is -1.01. The second kappa shape index (κ2) is 11.3. The predicted molar refractivity (Wildman–Crippen MR) is 141 cm³/mol. The fraction of sp³-hybridized carbons (Fsp3) is 0.345. The van der Waals surface area contributed by atoms with E-state index in [1.807, 2.05) is 36.4 Å². The minimum absolute atomic E-state index is 0.215. The van der Waals surface area contributed by atoms with Crippen molar-refractivity contribution in [3.05, 3.63) is 77.1 Å². The first-order valence-electron chi connectivity index (χ1n) is 12.7. The van der Waals surface area contributed by atoms with Gasteiger partial charge in [-0.3, -0.25) is 14.6 Å². The lowest BCUT2D eigenvalue weighted by Gasteiger charge is -2.27. The molecular formula is C29H32N4O4. The van der Waals surface area contributed by atoms with Gasteiger partial charge in [0, 0.05) is 23.2 Å². The third-order valence-electron chi connectivity index (χ3n) is 6.64. The summed E-state index contributed by atoms with van der Waals surface area (Å²) >= 11 is 0. The summed E-state index contributed by atoms with van der Waals surface area (Å²) in [5, 5.41) is 12.4. The molecule has 0 saturated heterocycles. The standard InChI is InChI=1S/C29H32N4O4/c1-4-5-6-7-19-8-10-20(11-9-19)27(34)32-25-16-30-24(15-31-25)21-12-13-22-17-33(28(35)23(22)14-21)26(18(2)3)29(36)37/h8-16,18,26H,4-7,17H2,1-3H3,(H,36,37)(H,31,32,34). The van der Waals surface area contributed by atoms with Crippen molar-refractivity contribution in [1.29, 1.82) is 0 Å². The summed E-state index contributed by atoms with van der Waals surface area (Å²) < 4.78 is 0. The molecule has 2 heterocycles. The van der Waals surface area contributed by atoms with Crippen molar-refractivity contribution in [3.8, 4) is 11.3 Å². The second-order valence-electron chi connectivity index (χ2n) is 9.73. The second-order valence-corrected chi connectivity index (χ2v) is 9.73. The van der Waals surface area contributed by atoms with Crippen molar-refractivity contribution in [2.75, 3.05) is 5.32 Å². The summed E-state index contributed by atoms with van der Waals surface area (Å²) in [6, 6.07) is 12.1. The van der Waals surface area contributed by atoms with Gasteiger partial charge >= 0.3 is 5.97 Å². The highest BCUT2D eigenvalue weighted by Crippen LogP contribution is 2.30. The van der Waals surface area contributed by atoms with Crippen LogP contribution in [-0.2, 0) is 17.8 Å². The number of anilines is 1. The van der Waals surface area contributed by atoms with E-state index in [1.54, 1.807) is 26.1 Å². The number of unbranched alkanes of at least 4 members (excludes halogenated alkanes) is 2. The molecule has 3 aromatic rings. The van der Waals surface area contributed by atoms with E-state index >= 15 is 0 Å². The van der Waals surface area contributed by atoms with Crippen molar-refractivity contribution in [2.45, 2.75) is 59.0 Å². The number of carboxylic acids is 1. The number of carbonyl (C=O) groups excluding carboxylic acids is 2. The van der Waals surface area contributed by atoms with Crippen molar-refractivity contribution >= 4 is 23.6 Å². The van der Waals surface area contributed by atoms with E-state index in [4.69, 9.17) is 0 Å². The molecule has 0 spiro atoms. The summed E-state index contributed by atoms with van der Waals surface area (Å²) in [5.74, 6) is -1.46. The van der Waals surface area contributed by atoms with Gasteiger partial charge in [0.1, 0.15) is 6.04 Å². The summed E-state index contributed by atoms with van der Waals surface area (Å²) in [7, 11) is 0. The molecule has 0 fully saturated rings. The van der Waals surface area contributed by atoms with Crippen LogP contribution in [0.3, 0.4) is 0 Å². The zero-order valence-corrected chi connectivity index (χ0v) is 21.4. The number of benzene rings is 2. The largest absolute Gasteiger partial charge is 0.480 e. The van der Waals surface area contributed by atoms with E-state index in [0.29, 0.717) is 28.2 Å². The molecular weight excluding hydrogens is 468 g/mol. The third kappa shape index (κ3) is 5.85. The molecule has 1 aliphatic rings. The van der Waals surface area contributed by atoms with Crippen molar-refractivity contribution < 1.29 is 19.5 Å². The maximum Gasteiger partial charge on any atom is 0.326 e. The third-order valence-corrected chi connectivity index (χ3v) is 6.64. The molecule has 2 amide bonds. The number of aryl methyl sites for hydroxylation is 1. The predicted octanol–water partition coefficient (Wildman–Crippen LogP) is 5.19. The Morgan fingerprint density at radius 2 is 1.81 bits per heavy atom. The molecule has 0 aliphatic carbocycles. The minimum Gasteiger partial charge on any atom is -0.480 e. The van der Waals surface area contributed by atoms with Gasteiger partial charge in [-0.15, -0.1) is 0 Å². The molecule has 0 radical (unpaired) electrons. The number of hydrogen-bond acceptors (Lipinski definition) is 5. The Morgan fingerprint density at radius 1 is 1.05 bits per heavy atom. The molecule has 192 valence electrons. The SMILES string of the molecule is CCCCCc1ccc(C(=O)Nc2cnc(-c3ccc4c(c3)C(=O)N(C(C(=O)O)C(C)C)C4)cn2)cc1. The fourth-order valence-corrected chi connectivity index (χ4v) is 4.62. The van der Waals surface area contributed by atoms with Crippen molar-refractivity contribution in [2.24, 2.45) is 5.92 Å². The first-order chi connectivity index (χ1) is 17.8. The number of hydrogen-bond donors (Lipinski definition) is 2. The summed E-state index contributed by atoms with van der Waals surface area (Å²) in [4.78, 5) is 47.5. The lowest BCUT2D eigenvalue weighted by molar-refractivity contribution is -0.144. The quantitative estimate of drug-likeness (QED) is 0.370. The van der Waals surface area contributed by atoms with E-state index < -0.39 is 12.0 Å². The molecule has 1 unspecified atom stereocenters. The molecule has 2 aromatic carbocycles. The fourth-order valence-electron chi connectivity index (χ4n) is 4.62. The van der Waals surface area contributed by atoms with Crippen LogP contribution in [0.15, 0.2) is 54.9 Å². The molecule has 0 saturated carbocycles. The number of aromatic nitrogens is 2. The summed E-state index contributed by atoms with van der Waals surface area (Å²) in [5.41, 5.74) is 4.26. The number of carboxylic acid groups (broad SMARTS) is 1. The van der Waals surface area contributed by atoms with Crippen LogP contribution in [0.5, 0.6) is 0 Å². The maximum atomic E-state index is 13.0. The lowest BCUT2D eigenvalue weighted by atomic mass is 10.0. The van der Waals surface area contributed by atoms with Crippen LogP contribution in [-0.4, -0.2) is 43.8 Å². The van der Waals surface area contributed by atoms with Crippen LogP contribution in [0, 0.1) is 5.92 Å². The number of nitrogens with zero attached hydrogens (tertiary/aromatic N) is 3. The Hall–Kier alpha value is -4.07. The van der Waals surface area contributed by atoms with E-state index in [-0.39, 0.29) is 24.3 Å². The van der Waals surface area contributed by atoms with Gasteiger partial charge in [0.2, 0.25) is 0 Å². The van der Waals surface area contributed by atoms with Gasteiger partial charge < -0.3 is 15.3 Å². The highest BCUT2D eigenvalue weighted by atomic mass is 16.4. The van der Waals surface area contributed by atoms with Gasteiger partial charge in [0.25, 0.3) is 11.8 Å². The molecule has 4 rings (SSSR count). The van der Waals surface area contributed by atoms with Gasteiger partial charge in [-0.1, -0.05) is 57.9 Å². The van der Waals surface area contributed by atoms with Gasteiger partial charge in [-0.05, 0) is 48.1 Å². The van der Waals surface area contributed by atoms with Gasteiger partial charge in [-0.2, -0.15) is 0 Å². The maximum absolute atomic E-state index is 13.0. The lowest BCUT2D eigenvalue weighted by Crippen LogP contribution is -2.44. The summed E-state index contributed by atoms with van der Waals surface area (Å²) in [6.07, 6.45) is 7.54. The van der Waals surface area contributed by atoms with E-state index in [2.05, 4.69) is 22.2 Å². The number of amides is 2.